The third kappa shape index (κ3) is 5.07. The Labute approximate surface area is 161 Å². The fourth-order valence-corrected chi connectivity index (χ4v) is 2.95. The minimum absolute atomic E-state index is 0.0121. The second-order valence-corrected chi connectivity index (χ2v) is 7.04. The van der Waals surface area contributed by atoms with E-state index in [1.54, 1.807) is 13.3 Å². The van der Waals surface area contributed by atoms with Gasteiger partial charge >= 0.3 is 0 Å². The number of carbonyl (C=O) groups excluding carboxylic acids is 1. The molecule has 0 unspecified atom stereocenters. The van der Waals surface area contributed by atoms with Crippen molar-refractivity contribution in [3.63, 3.8) is 0 Å². The molecule has 3 aromatic rings. The molecule has 8 heteroatoms. The molecular formula is C19H20N4O3S. The SMILES string of the molecule is COc1ccc(-c2noc(-c3ccc(SCC(=O)NC(C)C)nc3)n2)cc1. The van der Waals surface area contributed by atoms with Crippen molar-refractivity contribution in [3.05, 3.63) is 42.6 Å². The van der Waals surface area contributed by atoms with Gasteiger partial charge in [0.1, 0.15) is 5.75 Å². The van der Waals surface area contributed by atoms with Gasteiger partial charge in [-0.05, 0) is 50.2 Å². The van der Waals surface area contributed by atoms with Gasteiger partial charge in [-0.3, -0.25) is 4.79 Å². The Kier molecular flexibility index (Phi) is 6.08. The Hall–Kier alpha value is -2.87. The first-order valence-electron chi connectivity index (χ1n) is 8.42. The minimum Gasteiger partial charge on any atom is -0.497 e. The van der Waals surface area contributed by atoms with Crippen LogP contribution in [0.4, 0.5) is 0 Å². The summed E-state index contributed by atoms with van der Waals surface area (Å²) in [4.78, 5) is 20.5. The van der Waals surface area contributed by atoms with Crippen LogP contribution in [0.2, 0.25) is 0 Å². The number of amides is 1. The molecule has 0 aliphatic rings. The summed E-state index contributed by atoms with van der Waals surface area (Å²) in [6.45, 7) is 3.86. The first kappa shape index (κ1) is 18.9. The lowest BCUT2D eigenvalue weighted by molar-refractivity contribution is -0.119. The van der Waals surface area contributed by atoms with Crippen LogP contribution < -0.4 is 10.1 Å². The quantitative estimate of drug-likeness (QED) is 0.624. The van der Waals surface area contributed by atoms with Gasteiger partial charge in [0.05, 0.1) is 23.5 Å². The van der Waals surface area contributed by atoms with Crippen LogP contribution in [0.25, 0.3) is 22.8 Å². The van der Waals surface area contributed by atoms with Gasteiger partial charge in [0.15, 0.2) is 0 Å². The van der Waals surface area contributed by atoms with E-state index < -0.39 is 0 Å². The van der Waals surface area contributed by atoms with Crippen LogP contribution in [0, 0.1) is 0 Å². The number of hydrogen-bond acceptors (Lipinski definition) is 7. The van der Waals surface area contributed by atoms with E-state index in [-0.39, 0.29) is 11.9 Å². The number of aromatic nitrogens is 3. The van der Waals surface area contributed by atoms with Crippen molar-refractivity contribution < 1.29 is 14.1 Å². The molecular weight excluding hydrogens is 364 g/mol. The molecule has 3 rings (SSSR count). The summed E-state index contributed by atoms with van der Waals surface area (Å²) in [7, 11) is 1.62. The fraction of sp³-hybridized carbons (Fsp3) is 0.263. The molecule has 0 spiro atoms. The smallest absolute Gasteiger partial charge is 0.259 e. The van der Waals surface area contributed by atoms with E-state index in [0.29, 0.717) is 17.5 Å². The third-order valence-electron chi connectivity index (χ3n) is 3.56. The van der Waals surface area contributed by atoms with Crippen LogP contribution >= 0.6 is 11.8 Å². The lowest BCUT2D eigenvalue weighted by Crippen LogP contribution is -2.31. The molecule has 140 valence electrons. The van der Waals surface area contributed by atoms with Gasteiger partial charge in [-0.15, -0.1) is 0 Å². The normalized spacial score (nSPS) is 10.8. The van der Waals surface area contributed by atoms with Crippen molar-refractivity contribution in [2.24, 2.45) is 0 Å². The predicted octanol–water partition coefficient (Wildman–Crippen LogP) is 3.42. The summed E-state index contributed by atoms with van der Waals surface area (Å²) in [5.74, 6) is 1.97. The Bertz CT molecular complexity index is 892. The average molecular weight is 384 g/mol. The molecule has 1 N–H and O–H groups in total. The second-order valence-electron chi connectivity index (χ2n) is 6.05. The molecule has 7 nitrogen and oxygen atoms in total. The molecule has 27 heavy (non-hydrogen) atoms. The van der Waals surface area contributed by atoms with E-state index in [1.807, 2.05) is 50.2 Å². The summed E-state index contributed by atoms with van der Waals surface area (Å²) < 4.78 is 10.5. The zero-order valence-corrected chi connectivity index (χ0v) is 16.1. The maximum atomic E-state index is 11.7. The number of pyridine rings is 1. The Morgan fingerprint density at radius 2 is 1.93 bits per heavy atom. The van der Waals surface area contributed by atoms with Crippen LogP contribution in [0.1, 0.15) is 13.8 Å². The highest BCUT2D eigenvalue weighted by Crippen LogP contribution is 2.24. The Morgan fingerprint density at radius 1 is 1.19 bits per heavy atom. The van der Waals surface area contributed by atoms with Crippen molar-refractivity contribution in [1.82, 2.24) is 20.4 Å². The molecule has 0 fully saturated rings. The number of thioether (sulfide) groups is 1. The Morgan fingerprint density at radius 3 is 2.56 bits per heavy atom. The number of nitrogens with one attached hydrogen (secondary N) is 1. The highest BCUT2D eigenvalue weighted by Gasteiger charge is 2.12. The minimum atomic E-state index is -0.0121. The van der Waals surface area contributed by atoms with E-state index in [2.05, 4.69) is 20.4 Å². The van der Waals surface area contributed by atoms with E-state index in [1.165, 1.54) is 11.8 Å². The molecule has 0 saturated carbocycles. The summed E-state index contributed by atoms with van der Waals surface area (Å²) in [5, 5.41) is 7.62. The van der Waals surface area contributed by atoms with Crippen molar-refractivity contribution in [2.45, 2.75) is 24.9 Å². The molecule has 0 aliphatic carbocycles. The van der Waals surface area contributed by atoms with E-state index >= 15 is 0 Å². The molecule has 2 aromatic heterocycles. The molecule has 0 aliphatic heterocycles. The molecule has 1 amide bonds. The zero-order chi connectivity index (χ0) is 19.2. The molecule has 0 radical (unpaired) electrons. The van der Waals surface area contributed by atoms with Crippen LogP contribution in [-0.4, -0.2) is 39.9 Å². The zero-order valence-electron chi connectivity index (χ0n) is 15.3. The number of rotatable bonds is 7. The summed E-state index contributed by atoms with van der Waals surface area (Å²) in [6, 6.07) is 11.2. The lowest BCUT2D eigenvalue weighted by atomic mass is 10.2. The topological polar surface area (TPSA) is 90.1 Å². The average Bonchev–Trinajstić information content (AvgIpc) is 3.16. The molecule has 0 atom stereocenters. The number of benzene rings is 1. The second kappa shape index (κ2) is 8.68. The van der Waals surface area contributed by atoms with Gasteiger partial charge in [0.25, 0.3) is 5.89 Å². The van der Waals surface area contributed by atoms with Crippen molar-refractivity contribution >= 4 is 17.7 Å². The van der Waals surface area contributed by atoms with Gasteiger partial charge in [0.2, 0.25) is 11.7 Å². The van der Waals surface area contributed by atoms with Crippen molar-refractivity contribution in [2.75, 3.05) is 12.9 Å². The van der Waals surface area contributed by atoms with Crippen LogP contribution in [0.3, 0.4) is 0 Å². The van der Waals surface area contributed by atoms with Crippen molar-refractivity contribution in [3.8, 4) is 28.6 Å². The fourth-order valence-electron chi connectivity index (χ4n) is 2.29. The molecule has 0 saturated heterocycles. The number of carbonyl (C=O) groups is 1. The van der Waals surface area contributed by atoms with Gasteiger partial charge in [-0.2, -0.15) is 4.98 Å². The summed E-state index contributed by atoms with van der Waals surface area (Å²) >= 11 is 1.38. The van der Waals surface area contributed by atoms with Crippen LogP contribution in [-0.2, 0) is 4.79 Å². The standard InChI is InChI=1S/C19H20N4O3S/c1-12(2)21-16(24)11-27-17-9-6-14(10-20-17)19-22-18(23-26-19)13-4-7-15(25-3)8-5-13/h4-10,12H,11H2,1-3H3,(H,21,24). The molecule has 2 heterocycles. The third-order valence-corrected chi connectivity index (χ3v) is 4.50. The first-order chi connectivity index (χ1) is 13.0. The predicted molar refractivity (Wildman–Crippen MR) is 104 cm³/mol. The lowest BCUT2D eigenvalue weighted by Gasteiger charge is -2.07. The maximum Gasteiger partial charge on any atom is 0.259 e. The summed E-state index contributed by atoms with van der Waals surface area (Å²) in [6.07, 6.45) is 1.66. The number of ether oxygens (including phenoxy) is 1. The van der Waals surface area contributed by atoms with E-state index in [0.717, 1.165) is 21.9 Å². The highest BCUT2D eigenvalue weighted by atomic mass is 32.2. The van der Waals surface area contributed by atoms with E-state index in [9.17, 15) is 4.79 Å². The molecule has 1 aromatic carbocycles. The van der Waals surface area contributed by atoms with Crippen LogP contribution in [0.5, 0.6) is 5.75 Å². The first-order valence-corrected chi connectivity index (χ1v) is 9.40. The van der Waals surface area contributed by atoms with Crippen LogP contribution in [0.15, 0.2) is 52.1 Å². The van der Waals surface area contributed by atoms with Crippen molar-refractivity contribution in [1.29, 1.82) is 0 Å². The summed E-state index contributed by atoms with van der Waals surface area (Å²) in [5.41, 5.74) is 1.56. The van der Waals surface area contributed by atoms with E-state index in [4.69, 9.17) is 9.26 Å². The highest BCUT2D eigenvalue weighted by molar-refractivity contribution is 7.99. The number of methoxy groups -OCH3 is 1. The Balaban J connectivity index is 1.65. The number of hydrogen-bond donors (Lipinski definition) is 1. The number of nitrogens with zero attached hydrogens (tertiary/aromatic N) is 3. The monoisotopic (exact) mass is 384 g/mol. The molecule has 0 bridgehead atoms. The largest absolute Gasteiger partial charge is 0.497 e. The van der Waals surface area contributed by atoms with Gasteiger partial charge in [-0.1, -0.05) is 16.9 Å². The maximum absolute atomic E-state index is 11.7. The van der Waals surface area contributed by atoms with Gasteiger partial charge < -0.3 is 14.6 Å². The van der Waals surface area contributed by atoms with Gasteiger partial charge in [-0.25, -0.2) is 4.98 Å². The van der Waals surface area contributed by atoms with Gasteiger partial charge in [0, 0.05) is 17.8 Å².